The number of carbonyl (C=O) groups excluding carboxylic acids is 2. The maximum absolute atomic E-state index is 11.5. The molecule has 0 aliphatic carbocycles. The van der Waals surface area contributed by atoms with Crippen molar-refractivity contribution in [3.63, 3.8) is 0 Å². The summed E-state index contributed by atoms with van der Waals surface area (Å²) in [6, 6.07) is 1.76. The van der Waals surface area contributed by atoms with Crippen LogP contribution < -0.4 is 0 Å². The van der Waals surface area contributed by atoms with Gasteiger partial charge in [0.15, 0.2) is 5.78 Å². The van der Waals surface area contributed by atoms with Gasteiger partial charge in [0.25, 0.3) is 0 Å². The van der Waals surface area contributed by atoms with Gasteiger partial charge in [-0.2, -0.15) is 0 Å². The summed E-state index contributed by atoms with van der Waals surface area (Å²) in [7, 11) is 3.05. The van der Waals surface area contributed by atoms with Crippen molar-refractivity contribution >= 4 is 11.8 Å². The van der Waals surface area contributed by atoms with Crippen LogP contribution in [0.4, 0.5) is 0 Å². The molecule has 14 heavy (non-hydrogen) atoms. The Morgan fingerprint density at radius 2 is 2.14 bits per heavy atom. The minimum absolute atomic E-state index is 0.201. The van der Waals surface area contributed by atoms with Crippen LogP contribution in [0.25, 0.3) is 0 Å². The van der Waals surface area contributed by atoms with E-state index >= 15 is 0 Å². The van der Waals surface area contributed by atoms with E-state index in [1.807, 2.05) is 13.1 Å². The molecule has 0 aromatic carbocycles. The lowest BCUT2D eigenvalue weighted by molar-refractivity contribution is -0.139. The SMILES string of the molecule is COC(=O)CC(=O)c1cc(C)cn1C. The smallest absolute Gasteiger partial charge is 0.313 e. The predicted molar refractivity (Wildman–Crippen MR) is 51.1 cm³/mol. The topological polar surface area (TPSA) is 48.3 Å². The van der Waals surface area contributed by atoms with Crippen LogP contribution in [0.5, 0.6) is 0 Å². The highest BCUT2D eigenvalue weighted by atomic mass is 16.5. The Labute approximate surface area is 82.5 Å². The highest BCUT2D eigenvalue weighted by Crippen LogP contribution is 2.08. The number of hydrogen-bond acceptors (Lipinski definition) is 3. The molecule has 0 saturated carbocycles. The van der Waals surface area contributed by atoms with Gasteiger partial charge in [-0.05, 0) is 18.6 Å². The monoisotopic (exact) mass is 195 g/mol. The average Bonchev–Trinajstić information content (AvgIpc) is 2.45. The number of nitrogens with zero attached hydrogens (tertiary/aromatic N) is 1. The van der Waals surface area contributed by atoms with Crippen LogP contribution in [0, 0.1) is 6.92 Å². The normalized spacial score (nSPS) is 9.93. The molecule has 0 bridgehead atoms. The minimum atomic E-state index is -0.506. The molecule has 1 aromatic heterocycles. The van der Waals surface area contributed by atoms with E-state index in [1.165, 1.54) is 7.11 Å². The molecule has 0 N–H and O–H groups in total. The van der Waals surface area contributed by atoms with E-state index in [2.05, 4.69) is 4.74 Å². The first-order valence-electron chi connectivity index (χ1n) is 4.27. The molecule has 0 saturated heterocycles. The Hall–Kier alpha value is -1.58. The van der Waals surface area contributed by atoms with Crippen LogP contribution in [-0.2, 0) is 16.6 Å². The van der Waals surface area contributed by atoms with Crippen molar-refractivity contribution in [1.29, 1.82) is 0 Å². The first kappa shape index (κ1) is 10.5. The van der Waals surface area contributed by atoms with E-state index in [-0.39, 0.29) is 12.2 Å². The molecule has 0 radical (unpaired) electrons. The molecule has 0 unspecified atom stereocenters. The first-order valence-corrected chi connectivity index (χ1v) is 4.27. The van der Waals surface area contributed by atoms with Gasteiger partial charge in [-0.15, -0.1) is 0 Å². The number of aryl methyl sites for hydroxylation is 2. The van der Waals surface area contributed by atoms with Gasteiger partial charge in [-0.1, -0.05) is 0 Å². The van der Waals surface area contributed by atoms with Gasteiger partial charge >= 0.3 is 5.97 Å². The van der Waals surface area contributed by atoms with Gasteiger partial charge in [0.1, 0.15) is 6.42 Å². The number of carbonyl (C=O) groups is 2. The quantitative estimate of drug-likeness (QED) is 0.412. The lowest BCUT2D eigenvalue weighted by Gasteiger charge is -2.00. The number of ether oxygens (including phenoxy) is 1. The third-order valence-electron chi connectivity index (χ3n) is 1.96. The van der Waals surface area contributed by atoms with Gasteiger partial charge in [0.2, 0.25) is 0 Å². The maximum Gasteiger partial charge on any atom is 0.313 e. The summed E-state index contributed by atoms with van der Waals surface area (Å²) in [5.41, 5.74) is 1.54. The molecular formula is C10H13NO3. The lowest BCUT2D eigenvalue weighted by atomic mass is 10.2. The molecule has 0 fully saturated rings. The first-order chi connectivity index (χ1) is 6.54. The fourth-order valence-corrected chi connectivity index (χ4v) is 1.30. The maximum atomic E-state index is 11.5. The van der Waals surface area contributed by atoms with Crippen molar-refractivity contribution in [2.75, 3.05) is 7.11 Å². The molecule has 0 aliphatic rings. The minimum Gasteiger partial charge on any atom is -0.469 e. The van der Waals surface area contributed by atoms with Crippen molar-refractivity contribution in [2.45, 2.75) is 13.3 Å². The fourth-order valence-electron chi connectivity index (χ4n) is 1.30. The Balaban J connectivity index is 2.79. The van der Waals surface area contributed by atoms with E-state index in [1.54, 1.807) is 17.7 Å². The Morgan fingerprint density at radius 3 is 2.57 bits per heavy atom. The van der Waals surface area contributed by atoms with Gasteiger partial charge < -0.3 is 9.30 Å². The van der Waals surface area contributed by atoms with E-state index in [9.17, 15) is 9.59 Å². The van der Waals surface area contributed by atoms with Crippen molar-refractivity contribution in [3.05, 3.63) is 23.5 Å². The van der Waals surface area contributed by atoms with Crippen molar-refractivity contribution in [3.8, 4) is 0 Å². The van der Waals surface area contributed by atoms with Crippen LogP contribution in [0.15, 0.2) is 12.3 Å². The standard InChI is InChI=1S/C10H13NO3/c1-7-4-8(11(2)6-7)9(12)5-10(13)14-3/h4,6H,5H2,1-3H3. The summed E-state index contributed by atoms with van der Waals surface area (Å²) in [6.07, 6.45) is 1.64. The number of aromatic nitrogens is 1. The average molecular weight is 195 g/mol. The lowest BCUT2D eigenvalue weighted by Crippen LogP contribution is -2.12. The molecule has 76 valence electrons. The highest BCUT2D eigenvalue weighted by Gasteiger charge is 2.14. The molecule has 0 spiro atoms. The molecule has 1 heterocycles. The summed E-state index contributed by atoms with van der Waals surface area (Å²) in [4.78, 5) is 22.4. The predicted octanol–water partition coefficient (Wildman–Crippen LogP) is 1.08. The number of Topliss-reactive ketones (excluding diaryl/α,β-unsaturated/α-hetero) is 1. The van der Waals surface area contributed by atoms with Gasteiger partial charge in [0.05, 0.1) is 12.8 Å². The van der Waals surface area contributed by atoms with Gasteiger partial charge in [0, 0.05) is 13.2 Å². The number of ketones is 1. The Morgan fingerprint density at radius 1 is 1.50 bits per heavy atom. The van der Waals surface area contributed by atoms with Crippen LogP contribution >= 0.6 is 0 Å². The van der Waals surface area contributed by atoms with Gasteiger partial charge in [-0.3, -0.25) is 9.59 Å². The highest BCUT2D eigenvalue weighted by molar-refractivity contribution is 6.05. The summed E-state index contributed by atoms with van der Waals surface area (Å²) >= 11 is 0. The van der Waals surface area contributed by atoms with Crippen LogP contribution in [0.1, 0.15) is 22.5 Å². The fraction of sp³-hybridized carbons (Fsp3) is 0.400. The molecule has 4 heteroatoms. The second-order valence-corrected chi connectivity index (χ2v) is 3.19. The molecule has 0 amide bonds. The van der Waals surface area contributed by atoms with E-state index in [4.69, 9.17) is 0 Å². The van der Waals surface area contributed by atoms with Crippen molar-refractivity contribution in [2.24, 2.45) is 7.05 Å². The second-order valence-electron chi connectivity index (χ2n) is 3.19. The zero-order valence-electron chi connectivity index (χ0n) is 8.53. The molecule has 1 aromatic rings. The molecule has 0 aliphatic heterocycles. The van der Waals surface area contributed by atoms with Crippen molar-refractivity contribution in [1.82, 2.24) is 4.57 Å². The molecule has 0 atom stereocenters. The number of rotatable bonds is 3. The zero-order chi connectivity index (χ0) is 10.7. The molecular weight excluding hydrogens is 182 g/mol. The number of hydrogen-bond donors (Lipinski definition) is 0. The summed E-state index contributed by atoms with van der Waals surface area (Å²) in [5, 5.41) is 0. The summed E-state index contributed by atoms with van der Waals surface area (Å²) in [6.45, 7) is 1.90. The Bertz CT molecular complexity index is 365. The van der Waals surface area contributed by atoms with Crippen LogP contribution in [0.3, 0.4) is 0 Å². The third kappa shape index (κ3) is 2.22. The third-order valence-corrected chi connectivity index (χ3v) is 1.96. The summed E-state index contributed by atoms with van der Waals surface area (Å²) in [5.74, 6) is -0.721. The summed E-state index contributed by atoms with van der Waals surface area (Å²) < 4.78 is 6.13. The van der Waals surface area contributed by atoms with E-state index < -0.39 is 5.97 Å². The van der Waals surface area contributed by atoms with E-state index in [0.717, 1.165) is 5.56 Å². The number of esters is 1. The van der Waals surface area contributed by atoms with Crippen molar-refractivity contribution < 1.29 is 14.3 Å². The van der Waals surface area contributed by atoms with E-state index in [0.29, 0.717) is 5.69 Å². The van der Waals surface area contributed by atoms with Crippen LogP contribution in [-0.4, -0.2) is 23.4 Å². The Kier molecular flexibility index (Phi) is 3.06. The molecule has 4 nitrogen and oxygen atoms in total. The second kappa shape index (κ2) is 4.09. The van der Waals surface area contributed by atoms with Crippen LogP contribution in [0.2, 0.25) is 0 Å². The number of methoxy groups -OCH3 is 1. The zero-order valence-corrected chi connectivity index (χ0v) is 8.53. The largest absolute Gasteiger partial charge is 0.469 e. The molecule has 1 rings (SSSR count). The van der Waals surface area contributed by atoms with Gasteiger partial charge in [-0.25, -0.2) is 0 Å².